The predicted octanol–water partition coefficient (Wildman–Crippen LogP) is 2.37. The van der Waals surface area contributed by atoms with Gasteiger partial charge in [-0.2, -0.15) is 0 Å². The van der Waals surface area contributed by atoms with E-state index in [2.05, 4.69) is 12.2 Å². The maximum atomic E-state index is 5.83. The summed E-state index contributed by atoms with van der Waals surface area (Å²) in [5.74, 6) is 2.63. The molecule has 0 bridgehead atoms. The van der Waals surface area contributed by atoms with Crippen molar-refractivity contribution in [3.8, 4) is 0 Å². The maximum Gasteiger partial charge on any atom is 0.112 e. The van der Waals surface area contributed by atoms with Gasteiger partial charge in [0.15, 0.2) is 0 Å². The Morgan fingerprint density at radius 1 is 1.36 bits per heavy atom. The molecule has 0 aromatic heterocycles. The quantitative estimate of drug-likeness (QED) is 0.632. The Bertz CT molecular complexity index is 399. The highest BCUT2D eigenvalue weighted by Gasteiger charge is 2.33. The van der Waals surface area contributed by atoms with Crippen LogP contribution in [0.5, 0.6) is 0 Å². The average molecular weight is 187 g/mol. The van der Waals surface area contributed by atoms with E-state index in [1.807, 2.05) is 12.2 Å². The minimum absolute atomic E-state index is 0.395. The zero-order chi connectivity index (χ0) is 9.54. The number of nitrogens with two attached hydrogens (primary N) is 1. The lowest BCUT2D eigenvalue weighted by molar-refractivity contribution is 0.290. The lowest BCUT2D eigenvalue weighted by Crippen LogP contribution is -2.11. The summed E-state index contributed by atoms with van der Waals surface area (Å²) in [5.41, 5.74) is 8.13. The monoisotopic (exact) mass is 187 g/mol. The summed E-state index contributed by atoms with van der Waals surface area (Å²) >= 11 is 0. The van der Waals surface area contributed by atoms with Crippen LogP contribution in [0.4, 0.5) is 0 Å². The molecule has 2 heteroatoms. The Morgan fingerprint density at radius 2 is 2.29 bits per heavy atom. The number of hydrogen-bond acceptors (Lipinski definition) is 2. The maximum absolute atomic E-state index is 5.83. The SMILES string of the molecule is NC1=CC=C2OC3=C(C=CCC3)C2C1. The summed E-state index contributed by atoms with van der Waals surface area (Å²) in [6, 6.07) is 0. The lowest BCUT2D eigenvalue weighted by atomic mass is 9.88. The van der Waals surface area contributed by atoms with Crippen LogP contribution in [0.3, 0.4) is 0 Å². The van der Waals surface area contributed by atoms with E-state index in [4.69, 9.17) is 10.5 Å². The molecule has 0 aromatic carbocycles. The van der Waals surface area contributed by atoms with Crippen molar-refractivity contribution in [2.24, 2.45) is 11.7 Å². The molecule has 0 saturated heterocycles. The van der Waals surface area contributed by atoms with Gasteiger partial charge in [-0.1, -0.05) is 12.2 Å². The van der Waals surface area contributed by atoms with Crippen LogP contribution in [0, 0.1) is 5.92 Å². The lowest BCUT2D eigenvalue weighted by Gasteiger charge is -2.16. The molecule has 3 aliphatic rings. The molecule has 1 aliphatic heterocycles. The first-order chi connectivity index (χ1) is 6.84. The third-order valence-corrected chi connectivity index (χ3v) is 3.02. The first-order valence-electron chi connectivity index (χ1n) is 5.08. The molecule has 2 N–H and O–H groups in total. The summed E-state index contributed by atoms with van der Waals surface area (Å²) < 4.78 is 5.81. The third kappa shape index (κ3) is 1.03. The smallest absolute Gasteiger partial charge is 0.112 e. The van der Waals surface area contributed by atoms with Gasteiger partial charge < -0.3 is 10.5 Å². The molecule has 0 saturated carbocycles. The average Bonchev–Trinajstić information content (AvgIpc) is 2.56. The van der Waals surface area contributed by atoms with Gasteiger partial charge in [0.05, 0.1) is 5.92 Å². The van der Waals surface area contributed by atoms with Gasteiger partial charge in [-0.15, -0.1) is 0 Å². The van der Waals surface area contributed by atoms with Crippen molar-refractivity contribution in [3.05, 3.63) is 47.1 Å². The fraction of sp³-hybridized carbons (Fsp3) is 0.333. The molecule has 2 nitrogen and oxygen atoms in total. The Kier molecular flexibility index (Phi) is 1.57. The van der Waals surface area contributed by atoms with Crippen molar-refractivity contribution in [1.29, 1.82) is 0 Å². The zero-order valence-corrected chi connectivity index (χ0v) is 7.99. The Labute approximate surface area is 83.4 Å². The summed E-state index contributed by atoms with van der Waals surface area (Å²) in [7, 11) is 0. The third-order valence-electron chi connectivity index (χ3n) is 3.02. The van der Waals surface area contributed by atoms with E-state index in [1.165, 1.54) is 5.57 Å². The number of fused-ring (bicyclic) bond motifs is 2. The van der Waals surface area contributed by atoms with E-state index >= 15 is 0 Å². The van der Waals surface area contributed by atoms with Crippen LogP contribution < -0.4 is 5.73 Å². The first kappa shape index (κ1) is 7.92. The molecule has 0 fully saturated rings. The topological polar surface area (TPSA) is 35.2 Å². The van der Waals surface area contributed by atoms with E-state index in [0.29, 0.717) is 5.92 Å². The molecule has 0 spiro atoms. The largest absolute Gasteiger partial charge is 0.465 e. The van der Waals surface area contributed by atoms with Gasteiger partial charge >= 0.3 is 0 Å². The van der Waals surface area contributed by atoms with Gasteiger partial charge in [-0.3, -0.25) is 0 Å². The molecule has 1 heterocycles. The van der Waals surface area contributed by atoms with Crippen LogP contribution in [-0.2, 0) is 4.74 Å². The standard InChI is InChI=1S/C12H13NO/c13-8-5-6-12-10(7-8)9-3-1-2-4-11(9)14-12/h1,3,5-6,10H,2,4,7,13H2. The van der Waals surface area contributed by atoms with Crippen LogP contribution >= 0.6 is 0 Å². The van der Waals surface area contributed by atoms with Crippen molar-refractivity contribution in [1.82, 2.24) is 0 Å². The van der Waals surface area contributed by atoms with Crippen molar-refractivity contribution >= 4 is 0 Å². The molecule has 1 unspecified atom stereocenters. The van der Waals surface area contributed by atoms with Crippen molar-refractivity contribution in [3.63, 3.8) is 0 Å². The van der Waals surface area contributed by atoms with Gasteiger partial charge in [0.2, 0.25) is 0 Å². The Hall–Kier alpha value is -1.44. The highest BCUT2D eigenvalue weighted by Crippen LogP contribution is 2.43. The molecular formula is C12H13NO. The predicted molar refractivity (Wildman–Crippen MR) is 54.9 cm³/mol. The fourth-order valence-electron chi connectivity index (χ4n) is 2.30. The number of hydrogen-bond donors (Lipinski definition) is 1. The Balaban J connectivity index is 1.99. The van der Waals surface area contributed by atoms with Gasteiger partial charge in [-0.25, -0.2) is 0 Å². The van der Waals surface area contributed by atoms with Gasteiger partial charge in [0.25, 0.3) is 0 Å². The van der Waals surface area contributed by atoms with Crippen molar-refractivity contribution in [2.45, 2.75) is 19.3 Å². The molecule has 2 aliphatic carbocycles. The Morgan fingerprint density at radius 3 is 3.21 bits per heavy atom. The zero-order valence-electron chi connectivity index (χ0n) is 7.99. The van der Waals surface area contributed by atoms with Gasteiger partial charge in [0, 0.05) is 24.1 Å². The minimum Gasteiger partial charge on any atom is -0.465 e. The van der Waals surface area contributed by atoms with Crippen LogP contribution in [0.15, 0.2) is 47.1 Å². The first-order valence-corrected chi connectivity index (χ1v) is 5.08. The summed E-state index contributed by atoms with van der Waals surface area (Å²) in [5, 5.41) is 0. The fourth-order valence-corrected chi connectivity index (χ4v) is 2.30. The summed E-state index contributed by atoms with van der Waals surface area (Å²) in [6.07, 6.45) is 11.4. The number of rotatable bonds is 0. The summed E-state index contributed by atoms with van der Waals surface area (Å²) in [4.78, 5) is 0. The van der Waals surface area contributed by atoms with Crippen LogP contribution in [0.25, 0.3) is 0 Å². The van der Waals surface area contributed by atoms with Gasteiger partial charge in [-0.05, 0) is 18.6 Å². The second-order valence-corrected chi connectivity index (χ2v) is 3.99. The van der Waals surface area contributed by atoms with Crippen LogP contribution in [0.1, 0.15) is 19.3 Å². The van der Waals surface area contributed by atoms with E-state index in [-0.39, 0.29) is 0 Å². The normalized spacial score (nSPS) is 29.0. The molecule has 0 radical (unpaired) electrons. The molecular weight excluding hydrogens is 174 g/mol. The van der Waals surface area contributed by atoms with Crippen LogP contribution in [-0.4, -0.2) is 0 Å². The number of allylic oxidation sites excluding steroid dienone is 7. The molecule has 1 atom stereocenters. The second kappa shape index (κ2) is 2.77. The summed E-state index contributed by atoms with van der Waals surface area (Å²) in [6.45, 7) is 0. The van der Waals surface area contributed by atoms with E-state index in [0.717, 1.165) is 36.5 Å². The molecule has 3 rings (SSSR count). The highest BCUT2D eigenvalue weighted by atomic mass is 16.5. The second-order valence-electron chi connectivity index (χ2n) is 3.99. The minimum atomic E-state index is 0.395. The molecule has 72 valence electrons. The van der Waals surface area contributed by atoms with Crippen LogP contribution in [0.2, 0.25) is 0 Å². The molecule has 0 aromatic rings. The highest BCUT2D eigenvalue weighted by molar-refractivity contribution is 5.42. The van der Waals surface area contributed by atoms with E-state index in [9.17, 15) is 0 Å². The van der Waals surface area contributed by atoms with E-state index in [1.54, 1.807) is 0 Å². The van der Waals surface area contributed by atoms with Crippen molar-refractivity contribution < 1.29 is 4.74 Å². The van der Waals surface area contributed by atoms with Gasteiger partial charge in [0.1, 0.15) is 11.5 Å². The van der Waals surface area contributed by atoms with Crippen molar-refractivity contribution in [2.75, 3.05) is 0 Å². The number of ether oxygens (including phenoxy) is 1. The van der Waals surface area contributed by atoms with E-state index < -0.39 is 0 Å². The molecule has 0 amide bonds. The molecule has 14 heavy (non-hydrogen) atoms.